The number of benzene rings is 3. The van der Waals surface area contributed by atoms with Crippen LogP contribution in [-0.4, -0.2) is 34.9 Å². The zero-order valence-electron chi connectivity index (χ0n) is 21.1. The summed E-state index contributed by atoms with van der Waals surface area (Å²) >= 11 is 5.81. The van der Waals surface area contributed by atoms with E-state index in [-0.39, 0.29) is 18.9 Å². The maximum atomic E-state index is 13.0. The first-order valence-electron chi connectivity index (χ1n) is 12.2. The number of rotatable bonds is 7. The smallest absolute Gasteiger partial charge is 0.339 e. The number of ether oxygens (including phenoxy) is 3. The van der Waals surface area contributed by atoms with Gasteiger partial charge in [0.15, 0.2) is 16.6 Å². The molecular weight excluding hydrogens is 502 g/mol. The van der Waals surface area contributed by atoms with E-state index in [4.69, 9.17) is 26.4 Å². The van der Waals surface area contributed by atoms with E-state index in [0.29, 0.717) is 40.0 Å². The fourth-order valence-corrected chi connectivity index (χ4v) is 4.62. The largest absolute Gasteiger partial charge is 0.465 e. The van der Waals surface area contributed by atoms with Crippen LogP contribution < -0.4 is 20.3 Å². The van der Waals surface area contributed by atoms with E-state index in [9.17, 15) is 9.59 Å². The summed E-state index contributed by atoms with van der Waals surface area (Å²) in [7, 11) is 1.33. The van der Waals surface area contributed by atoms with Gasteiger partial charge in [0.1, 0.15) is 0 Å². The number of para-hydroxylation sites is 1. The Hall–Kier alpha value is -4.37. The zero-order valence-corrected chi connectivity index (χ0v) is 21.9. The van der Waals surface area contributed by atoms with E-state index >= 15 is 0 Å². The molecule has 3 aromatic carbocycles. The van der Waals surface area contributed by atoms with Gasteiger partial charge < -0.3 is 29.4 Å². The van der Waals surface area contributed by atoms with Crippen LogP contribution in [0.1, 0.15) is 34.0 Å². The van der Waals surface area contributed by atoms with Crippen LogP contribution in [0, 0.1) is 0 Å². The normalized spacial score (nSPS) is 11.8. The van der Waals surface area contributed by atoms with Crippen LogP contribution in [-0.2, 0) is 24.2 Å². The van der Waals surface area contributed by atoms with Crippen LogP contribution in [0.4, 0.5) is 5.69 Å². The Morgan fingerprint density at radius 3 is 2.63 bits per heavy atom. The van der Waals surface area contributed by atoms with Crippen molar-refractivity contribution in [2.45, 2.75) is 26.4 Å². The lowest BCUT2D eigenvalue weighted by Gasteiger charge is -2.26. The molecule has 0 saturated carbocycles. The summed E-state index contributed by atoms with van der Waals surface area (Å²) in [6.07, 6.45) is 0.897. The monoisotopic (exact) mass is 529 g/mol. The first-order valence-corrected chi connectivity index (χ1v) is 12.6. The maximum Gasteiger partial charge on any atom is 0.339 e. The molecule has 0 radical (unpaired) electrons. The van der Waals surface area contributed by atoms with Crippen molar-refractivity contribution in [2.75, 3.05) is 19.2 Å². The third-order valence-electron chi connectivity index (χ3n) is 6.43. The average molecular weight is 530 g/mol. The first kappa shape index (κ1) is 25.3. The van der Waals surface area contributed by atoms with Crippen LogP contribution in [0.2, 0.25) is 0 Å². The molecule has 8 nitrogen and oxygen atoms in total. The summed E-state index contributed by atoms with van der Waals surface area (Å²) in [4.78, 5) is 30.2. The fraction of sp³-hybridized carbons (Fsp3) is 0.207. The van der Waals surface area contributed by atoms with Gasteiger partial charge in [0, 0.05) is 17.6 Å². The van der Waals surface area contributed by atoms with Gasteiger partial charge in [-0.3, -0.25) is 4.79 Å². The fourth-order valence-electron chi connectivity index (χ4n) is 4.38. The molecule has 38 heavy (non-hydrogen) atoms. The molecule has 0 amide bonds. The predicted octanol–water partition coefficient (Wildman–Crippen LogP) is 5.01. The average Bonchev–Trinajstić information content (AvgIpc) is 3.40. The lowest BCUT2D eigenvalue weighted by atomic mass is 10.1. The Balaban J connectivity index is 1.49. The lowest BCUT2D eigenvalue weighted by molar-refractivity contribution is 0.0602. The highest BCUT2D eigenvalue weighted by atomic mass is 32.1. The van der Waals surface area contributed by atoms with Gasteiger partial charge in [0.2, 0.25) is 6.79 Å². The van der Waals surface area contributed by atoms with E-state index in [2.05, 4.69) is 23.3 Å². The van der Waals surface area contributed by atoms with Crippen molar-refractivity contribution in [3.05, 3.63) is 99.3 Å². The van der Waals surface area contributed by atoms with Gasteiger partial charge in [-0.05, 0) is 77.6 Å². The van der Waals surface area contributed by atoms with Gasteiger partial charge in [-0.2, -0.15) is 0 Å². The Morgan fingerprint density at radius 1 is 1.03 bits per heavy atom. The minimum absolute atomic E-state index is 0.180. The van der Waals surface area contributed by atoms with Crippen LogP contribution in [0.5, 0.6) is 11.5 Å². The molecule has 1 aliphatic rings. The molecule has 1 aromatic heterocycles. The molecule has 2 heterocycles. The summed E-state index contributed by atoms with van der Waals surface area (Å²) in [5, 5.41) is 4.49. The number of esters is 1. The van der Waals surface area contributed by atoms with E-state index in [0.717, 1.165) is 22.9 Å². The van der Waals surface area contributed by atoms with Crippen molar-refractivity contribution in [3.8, 4) is 11.5 Å². The van der Waals surface area contributed by atoms with Crippen molar-refractivity contribution < 1.29 is 19.0 Å². The highest BCUT2D eigenvalue weighted by Crippen LogP contribution is 2.33. The van der Waals surface area contributed by atoms with E-state index in [1.807, 2.05) is 41.3 Å². The van der Waals surface area contributed by atoms with Crippen molar-refractivity contribution in [3.63, 3.8) is 0 Å². The number of thiocarbonyl (C=S) groups is 1. The molecule has 4 aromatic rings. The molecule has 5 rings (SSSR count). The van der Waals surface area contributed by atoms with Gasteiger partial charge in [-0.15, -0.1) is 0 Å². The maximum absolute atomic E-state index is 13.0. The number of hydrogen-bond donors (Lipinski definition) is 2. The standard InChI is InChI=1S/C29H27N3O5S/c1-3-18-8-10-23-20(12-18)14-21(27(33)30-23)16-32(15-19-9-11-25-26(13-19)37-17-36-25)29(38)31-24-7-5-4-6-22(24)28(34)35-2/h4-14H,3,15-17H2,1-2H3,(H,30,33)(H,31,38). The summed E-state index contributed by atoms with van der Waals surface area (Å²) in [6, 6.07) is 20.6. The summed E-state index contributed by atoms with van der Waals surface area (Å²) < 4.78 is 15.9. The molecule has 0 spiro atoms. The second kappa shape index (κ2) is 10.9. The zero-order chi connectivity index (χ0) is 26.6. The third kappa shape index (κ3) is 5.33. The quantitative estimate of drug-likeness (QED) is 0.255. The number of anilines is 1. The Labute approximate surface area is 225 Å². The Bertz CT molecular complexity index is 1580. The lowest BCUT2D eigenvalue weighted by Crippen LogP contribution is -2.36. The second-order valence-electron chi connectivity index (χ2n) is 8.91. The number of methoxy groups -OCH3 is 1. The molecule has 2 N–H and O–H groups in total. The second-order valence-corrected chi connectivity index (χ2v) is 9.30. The number of carbonyl (C=O) groups is 1. The molecule has 0 atom stereocenters. The molecule has 9 heteroatoms. The van der Waals surface area contributed by atoms with E-state index in [1.165, 1.54) is 12.7 Å². The number of carbonyl (C=O) groups excluding carboxylic acids is 1. The molecule has 194 valence electrons. The predicted molar refractivity (Wildman–Crippen MR) is 150 cm³/mol. The number of hydrogen-bond acceptors (Lipinski definition) is 6. The Kier molecular flexibility index (Phi) is 7.28. The highest BCUT2D eigenvalue weighted by molar-refractivity contribution is 7.80. The molecule has 1 aliphatic heterocycles. The SMILES string of the molecule is CCc1ccc2[nH]c(=O)c(CN(Cc3ccc4c(c3)OCO4)C(=S)Nc3ccccc3C(=O)OC)cc2c1. The third-order valence-corrected chi connectivity index (χ3v) is 6.79. The molecule has 0 aliphatic carbocycles. The molecule has 0 fully saturated rings. The van der Waals surface area contributed by atoms with Crippen LogP contribution >= 0.6 is 12.2 Å². The molecule has 0 saturated heterocycles. The van der Waals surface area contributed by atoms with Crippen molar-refractivity contribution in [1.29, 1.82) is 0 Å². The van der Waals surface area contributed by atoms with Crippen LogP contribution in [0.25, 0.3) is 10.9 Å². The number of aromatic nitrogens is 1. The van der Waals surface area contributed by atoms with Crippen molar-refractivity contribution >= 4 is 39.9 Å². The number of aryl methyl sites for hydroxylation is 1. The Morgan fingerprint density at radius 2 is 1.82 bits per heavy atom. The number of fused-ring (bicyclic) bond motifs is 2. The van der Waals surface area contributed by atoms with Crippen LogP contribution in [0.3, 0.4) is 0 Å². The van der Waals surface area contributed by atoms with Crippen molar-refractivity contribution in [2.24, 2.45) is 0 Å². The van der Waals surface area contributed by atoms with Gasteiger partial charge in [0.25, 0.3) is 5.56 Å². The minimum Gasteiger partial charge on any atom is -0.465 e. The van der Waals surface area contributed by atoms with Gasteiger partial charge in [0.05, 0.1) is 24.9 Å². The van der Waals surface area contributed by atoms with Gasteiger partial charge in [-0.25, -0.2) is 4.79 Å². The number of nitrogens with one attached hydrogen (secondary N) is 2. The topological polar surface area (TPSA) is 92.9 Å². The molecule has 0 bridgehead atoms. The first-order chi connectivity index (χ1) is 18.4. The minimum atomic E-state index is -0.476. The molecular formula is C29H27N3O5S. The number of nitrogens with zero attached hydrogens (tertiary/aromatic N) is 1. The highest BCUT2D eigenvalue weighted by Gasteiger charge is 2.20. The van der Waals surface area contributed by atoms with Gasteiger partial charge >= 0.3 is 5.97 Å². The summed E-state index contributed by atoms with van der Waals surface area (Å²) in [6.45, 7) is 2.90. The number of H-pyrrole nitrogens is 1. The van der Waals surface area contributed by atoms with Crippen LogP contribution in [0.15, 0.2) is 71.5 Å². The van der Waals surface area contributed by atoms with E-state index in [1.54, 1.807) is 24.3 Å². The van der Waals surface area contributed by atoms with Crippen molar-refractivity contribution in [1.82, 2.24) is 9.88 Å². The summed E-state index contributed by atoms with van der Waals surface area (Å²) in [5.74, 6) is 0.870. The summed E-state index contributed by atoms with van der Waals surface area (Å²) in [5.41, 5.74) is 4.14. The molecule has 0 unspecified atom stereocenters. The number of pyridine rings is 1. The van der Waals surface area contributed by atoms with E-state index < -0.39 is 5.97 Å². The van der Waals surface area contributed by atoms with Gasteiger partial charge in [-0.1, -0.05) is 31.2 Å². The number of aromatic amines is 1.